The lowest BCUT2D eigenvalue weighted by molar-refractivity contribution is 0.0981. The van der Waals surface area contributed by atoms with Gasteiger partial charge in [0, 0.05) is 24.4 Å². The van der Waals surface area contributed by atoms with Gasteiger partial charge in [0.2, 0.25) is 0 Å². The van der Waals surface area contributed by atoms with Crippen molar-refractivity contribution in [2.75, 3.05) is 32.8 Å². The number of benzene rings is 2. The van der Waals surface area contributed by atoms with E-state index in [-0.39, 0.29) is 5.91 Å². The quantitative estimate of drug-likeness (QED) is 0.864. The fourth-order valence-corrected chi connectivity index (χ4v) is 3.09. The van der Waals surface area contributed by atoms with Gasteiger partial charge in [-0.3, -0.25) is 4.79 Å². The molecule has 0 radical (unpaired) electrons. The Hall–Kier alpha value is -2.69. The summed E-state index contributed by atoms with van der Waals surface area (Å²) in [6.45, 7) is 0.688. The fraction of sp³-hybridized carbons (Fsp3) is 0.316. The number of carbonyl (C=O) groups excluding carboxylic acids is 1. The van der Waals surface area contributed by atoms with E-state index in [1.807, 2.05) is 23.1 Å². The van der Waals surface area contributed by atoms with Crippen LogP contribution in [0.15, 0.2) is 36.4 Å². The van der Waals surface area contributed by atoms with Crippen molar-refractivity contribution in [1.82, 2.24) is 0 Å². The summed E-state index contributed by atoms with van der Waals surface area (Å²) in [6, 6.07) is 11.4. The molecule has 0 saturated heterocycles. The van der Waals surface area contributed by atoms with Crippen LogP contribution in [0.5, 0.6) is 17.2 Å². The van der Waals surface area contributed by atoms with Gasteiger partial charge in [-0.25, -0.2) is 0 Å². The second kappa shape index (κ2) is 6.83. The third-order valence-corrected chi connectivity index (χ3v) is 4.29. The SMILES string of the molecule is COc1cc(OC)c(C(=O)N2CCCc3ccccc32)cc1OC. The highest BCUT2D eigenvalue weighted by Crippen LogP contribution is 2.37. The van der Waals surface area contributed by atoms with Gasteiger partial charge in [0.25, 0.3) is 5.91 Å². The van der Waals surface area contributed by atoms with Gasteiger partial charge in [0.05, 0.1) is 26.9 Å². The van der Waals surface area contributed by atoms with E-state index < -0.39 is 0 Å². The summed E-state index contributed by atoms with van der Waals surface area (Å²) in [5.41, 5.74) is 2.62. The highest BCUT2D eigenvalue weighted by molar-refractivity contribution is 6.09. The van der Waals surface area contributed by atoms with E-state index in [4.69, 9.17) is 14.2 Å². The van der Waals surface area contributed by atoms with Gasteiger partial charge < -0.3 is 19.1 Å². The molecule has 0 aliphatic carbocycles. The van der Waals surface area contributed by atoms with Crippen molar-refractivity contribution in [2.45, 2.75) is 12.8 Å². The molecule has 1 amide bonds. The number of amides is 1. The van der Waals surface area contributed by atoms with E-state index in [1.165, 1.54) is 5.56 Å². The number of anilines is 1. The van der Waals surface area contributed by atoms with Crippen LogP contribution in [0.25, 0.3) is 0 Å². The first-order chi connectivity index (χ1) is 11.7. The lowest BCUT2D eigenvalue weighted by atomic mass is 10.0. The molecule has 2 aromatic carbocycles. The van der Waals surface area contributed by atoms with Crippen molar-refractivity contribution < 1.29 is 19.0 Å². The van der Waals surface area contributed by atoms with Crippen LogP contribution in [0.1, 0.15) is 22.3 Å². The topological polar surface area (TPSA) is 48.0 Å². The minimum Gasteiger partial charge on any atom is -0.496 e. The standard InChI is InChI=1S/C19H21NO4/c1-22-16-12-18(24-3)17(23-2)11-14(16)19(21)20-10-6-8-13-7-4-5-9-15(13)20/h4-5,7,9,11-12H,6,8,10H2,1-3H3. The molecule has 0 atom stereocenters. The first kappa shape index (κ1) is 16.2. The van der Waals surface area contributed by atoms with Crippen LogP contribution in [0.4, 0.5) is 5.69 Å². The van der Waals surface area contributed by atoms with E-state index in [2.05, 4.69) is 6.07 Å². The van der Waals surface area contributed by atoms with Crippen LogP contribution < -0.4 is 19.1 Å². The molecular weight excluding hydrogens is 306 g/mol. The van der Waals surface area contributed by atoms with Gasteiger partial charge in [-0.2, -0.15) is 0 Å². The molecule has 3 rings (SSSR count). The van der Waals surface area contributed by atoms with Crippen molar-refractivity contribution >= 4 is 11.6 Å². The van der Waals surface area contributed by atoms with Crippen molar-refractivity contribution in [3.8, 4) is 17.2 Å². The number of methoxy groups -OCH3 is 3. The van der Waals surface area contributed by atoms with Crippen molar-refractivity contribution in [3.05, 3.63) is 47.5 Å². The van der Waals surface area contributed by atoms with E-state index in [0.717, 1.165) is 18.5 Å². The Balaban J connectivity index is 2.05. The molecule has 2 aromatic rings. The zero-order valence-corrected chi connectivity index (χ0v) is 14.2. The summed E-state index contributed by atoms with van der Waals surface area (Å²) in [7, 11) is 4.65. The summed E-state index contributed by atoms with van der Waals surface area (Å²) in [5, 5.41) is 0. The second-order valence-electron chi connectivity index (χ2n) is 5.60. The lowest BCUT2D eigenvalue weighted by Crippen LogP contribution is -2.35. The van der Waals surface area contributed by atoms with Gasteiger partial charge in [-0.15, -0.1) is 0 Å². The first-order valence-electron chi connectivity index (χ1n) is 7.89. The fourth-order valence-electron chi connectivity index (χ4n) is 3.09. The molecule has 0 aromatic heterocycles. The lowest BCUT2D eigenvalue weighted by Gasteiger charge is -2.30. The van der Waals surface area contributed by atoms with E-state index in [0.29, 0.717) is 29.4 Å². The molecule has 0 unspecified atom stereocenters. The average molecular weight is 327 g/mol. The predicted octanol–water partition coefficient (Wildman–Crippen LogP) is 3.31. The Morgan fingerprint density at radius 3 is 2.33 bits per heavy atom. The van der Waals surface area contributed by atoms with Crippen molar-refractivity contribution in [2.24, 2.45) is 0 Å². The molecule has 5 nitrogen and oxygen atoms in total. The number of hydrogen-bond acceptors (Lipinski definition) is 4. The zero-order valence-electron chi connectivity index (χ0n) is 14.2. The van der Waals surface area contributed by atoms with Crippen LogP contribution in [-0.2, 0) is 6.42 Å². The Morgan fingerprint density at radius 2 is 1.62 bits per heavy atom. The molecule has 1 heterocycles. The second-order valence-corrected chi connectivity index (χ2v) is 5.60. The molecule has 0 bridgehead atoms. The van der Waals surface area contributed by atoms with Gasteiger partial charge >= 0.3 is 0 Å². The smallest absolute Gasteiger partial charge is 0.262 e. The van der Waals surface area contributed by atoms with E-state index in [1.54, 1.807) is 33.5 Å². The third-order valence-electron chi connectivity index (χ3n) is 4.29. The summed E-state index contributed by atoms with van der Waals surface area (Å²) in [6.07, 6.45) is 1.93. The number of aryl methyl sites for hydroxylation is 1. The first-order valence-corrected chi connectivity index (χ1v) is 7.89. The van der Waals surface area contributed by atoms with Gasteiger partial charge in [-0.05, 0) is 24.5 Å². The van der Waals surface area contributed by atoms with Crippen molar-refractivity contribution in [1.29, 1.82) is 0 Å². The summed E-state index contributed by atoms with van der Waals surface area (Å²) >= 11 is 0. The van der Waals surface area contributed by atoms with Gasteiger partial charge in [0.1, 0.15) is 5.75 Å². The maximum absolute atomic E-state index is 13.2. The molecule has 0 spiro atoms. The molecular formula is C19H21NO4. The van der Waals surface area contributed by atoms with Crippen LogP contribution in [0.2, 0.25) is 0 Å². The monoisotopic (exact) mass is 327 g/mol. The summed E-state index contributed by atoms with van der Waals surface area (Å²) in [4.78, 5) is 15.0. The molecule has 126 valence electrons. The molecule has 0 saturated carbocycles. The molecule has 24 heavy (non-hydrogen) atoms. The van der Waals surface area contributed by atoms with Crippen LogP contribution in [0.3, 0.4) is 0 Å². The van der Waals surface area contributed by atoms with E-state index >= 15 is 0 Å². The Labute approximate surface area is 141 Å². The number of para-hydroxylation sites is 1. The molecule has 0 N–H and O–H groups in total. The normalized spacial score (nSPS) is 13.2. The average Bonchev–Trinajstić information content (AvgIpc) is 2.65. The minimum absolute atomic E-state index is 0.0973. The summed E-state index contributed by atoms with van der Waals surface area (Å²) < 4.78 is 16.0. The number of fused-ring (bicyclic) bond motifs is 1. The van der Waals surface area contributed by atoms with Crippen LogP contribution >= 0.6 is 0 Å². The number of hydrogen-bond donors (Lipinski definition) is 0. The van der Waals surface area contributed by atoms with Gasteiger partial charge in [-0.1, -0.05) is 18.2 Å². The maximum Gasteiger partial charge on any atom is 0.262 e. The minimum atomic E-state index is -0.0973. The number of nitrogens with zero attached hydrogens (tertiary/aromatic N) is 1. The number of ether oxygens (including phenoxy) is 3. The van der Waals surface area contributed by atoms with E-state index in [9.17, 15) is 4.79 Å². The third kappa shape index (κ3) is 2.77. The largest absolute Gasteiger partial charge is 0.496 e. The van der Waals surface area contributed by atoms with Gasteiger partial charge in [0.15, 0.2) is 11.5 Å². The maximum atomic E-state index is 13.2. The van der Waals surface area contributed by atoms with Crippen LogP contribution in [0, 0.1) is 0 Å². The molecule has 1 aliphatic heterocycles. The number of rotatable bonds is 4. The Kier molecular flexibility index (Phi) is 4.60. The molecule has 5 heteroatoms. The predicted molar refractivity (Wildman–Crippen MR) is 92.5 cm³/mol. The highest BCUT2D eigenvalue weighted by Gasteiger charge is 2.27. The Bertz CT molecular complexity index is 757. The van der Waals surface area contributed by atoms with Crippen LogP contribution in [-0.4, -0.2) is 33.8 Å². The Morgan fingerprint density at radius 1 is 0.958 bits per heavy atom. The molecule has 0 fully saturated rings. The zero-order chi connectivity index (χ0) is 17.1. The van der Waals surface area contributed by atoms with Crippen molar-refractivity contribution in [3.63, 3.8) is 0 Å². The molecule has 1 aliphatic rings. The highest BCUT2D eigenvalue weighted by atomic mass is 16.5. The number of carbonyl (C=O) groups is 1. The summed E-state index contributed by atoms with van der Waals surface area (Å²) in [5.74, 6) is 1.41.